The lowest BCUT2D eigenvalue weighted by molar-refractivity contribution is 0.205. The minimum absolute atomic E-state index is 0.0969. The molecule has 34 heavy (non-hydrogen) atoms. The second kappa shape index (κ2) is 8.52. The summed E-state index contributed by atoms with van der Waals surface area (Å²) in [7, 11) is -3.73. The Hall–Kier alpha value is -3.23. The van der Waals surface area contributed by atoms with Crippen molar-refractivity contribution in [1.82, 2.24) is 9.21 Å². The molecule has 0 aromatic heterocycles. The minimum Gasteiger partial charge on any atom is -0.454 e. The predicted molar refractivity (Wildman–Crippen MR) is 130 cm³/mol. The summed E-state index contributed by atoms with van der Waals surface area (Å²) in [5.74, 6) is 1.73. The van der Waals surface area contributed by atoms with Crippen LogP contribution < -0.4 is 4.74 Å². The fourth-order valence-electron chi connectivity index (χ4n) is 4.47. The van der Waals surface area contributed by atoms with E-state index in [4.69, 9.17) is 9.73 Å². The van der Waals surface area contributed by atoms with Gasteiger partial charge in [-0.05, 0) is 74.9 Å². The van der Waals surface area contributed by atoms with Crippen LogP contribution in [0.5, 0.6) is 11.5 Å². The van der Waals surface area contributed by atoms with Gasteiger partial charge < -0.3 is 9.64 Å². The van der Waals surface area contributed by atoms with Crippen LogP contribution in [0, 0.1) is 19.7 Å². The van der Waals surface area contributed by atoms with Crippen LogP contribution in [-0.2, 0) is 10.0 Å². The molecule has 0 bridgehead atoms. The normalized spacial score (nSPS) is 18.4. The number of benzene rings is 3. The molecular formula is C26H26FN3O3S. The average Bonchev–Trinajstić information content (AvgIpc) is 2.95. The lowest BCUT2D eigenvalue weighted by Gasteiger charge is -2.40. The summed E-state index contributed by atoms with van der Waals surface area (Å²) >= 11 is 0. The van der Waals surface area contributed by atoms with Crippen molar-refractivity contribution in [2.24, 2.45) is 4.99 Å². The minimum atomic E-state index is -3.73. The highest BCUT2D eigenvalue weighted by molar-refractivity contribution is 7.89. The van der Waals surface area contributed by atoms with Gasteiger partial charge in [0, 0.05) is 25.7 Å². The zero-order valence-electron chi connectivity index (χ0n) is 19.3. The van der Waals surface area contributed by atoms with Crippen molar-refractivity contribution in [1.29, 1.82) is 0 Å². The van der Waals surface area contributed by atoms with Gasteiger partial charge in [-0.3, -0.25) is 0 Å². The van der Waals surface area contributed by atoms with E-state index in [1.165, 1.54) is 28.6 Å². The molecule has 5 rings (SSSR count). The van der Waals surface area contributed by atoms with E-state index in [2.05, 4.69) is 11.0 Å². The van der Waals surface area contributed by atoms with Crippen molar-refractivity contribution in [3.05, 3.63) is 83.2 Å². The van der Waals surface area contributed by atoms with E-state index in [1.807, 2.05) is 51.1 Å². The topological polar surface area (TPSA) is 62.2 Å². The van der Waals surface area contributed by atoms with E-state index < -0.39 is 15.8 Å². The number of aliphatic imine (C=N–C) groups is 1. The Morgan fingerprint density at radius 2 is 1.65 bits per heavy atom. The molecule has 2 aliphatic heterocycles. The fraction of sp³-hybridized carbons (Fsp3) is 0.269. The molecule has 176 valence electrons. The molecule has 0 aliphatic carbocycles. The highest BCUT2D eigenvalue weighted by atomic mass is 32.2. The summed E-state index contributed by atoms with van der Waals surface area (Å²) in [6.07, 6.45) is 0. The Morgan fingerprint density at radius 1 is 0.941 bits per heavy atom. The van der Waals surface area contributed by atoms with Crippen LogP contribution >= 0.6 is 0 Å². The summed E-state index contributed by atoms with van der Waals surface area (Å²) in [5, 5.41) is 0. The standard InChI is InChI=1S/C26H26FN3O3S/c1-17-5-11-24-22(14-17)26(28-23-10-4-18(2)15-25(23)33-24)29-12-13-30(19(3)16-29)34(31,32)21-8-6-20(27)7-9-21/h4-11,14-15,19H,12-13,16H2,1-3H3/t19-/m0/s1. The predicted octanol–water partition coefficient (Wildman–Crippen LogP) is 5.02. The molecule has 2 heterocycles. The first-order valence-electron chi connectivity index (χ1n) is 11.2. The van der Waals surface area contributed by atoms with Crippen LogP contribution in [-0.4, -0.2) is 49.1 Å². The van der Waals surface area contributed by atoms with Crippen molar-refractivity contribution in [2.75, 3.05) is 19.6 Å². The van der Waals surface area contributed by atoms with Crippen molar-refractivity contribution >= 4 is 21.5 Å². The molecule has 1 fully saturated rings. The first-order chi connectivity index (χ1) is 16.2. The Kier molecular flexibility index (Phi) is 5.65. The molecule has 0 unspecified atom stereocenters. The van der Waals surface area contributed by atoms with Gasteiger partial charge in [-0.25, -0.2) is 17.8 Å². The first-order valence-corrected chi connectivity index (χ1v) is 12.7. The largest absolute Gasteiger partial charge is 0.454 e. The van der Waals surface area contributed by atoms with Crippen molar-refractivity contribution in [2.45, 2.75) is 31.7 Å². The fourth-order valence-corrected chi connectivity index (χ4v) is 6.08. The summed E-state index contributed by atoms with van der Waals surface area (Å²) in [4.78, 5) is 7.20. The molecule has 6 nitrogen and oxygen atoms in total. The molecular weight excluding hydrogens is 453 g/mol. The number of hydrogen-bond donors (Lipinski definition) is 0. The third-order valence-corrected chi connectivity index (χ3v) is 8.25. The van der Waals surface area contributed by atoms with Crippen LogP contribution in [0.15, 0.2) is 70.6 Å². The van der Waals surface area contributed by atoms with Crippen LogP contribution in [0.1, 0.15) is 23.6 Å². The average molecular weight is 480 g/mol. The number of ether oxygens (including phenoxy) is 1. The van der Waals surface area contributed by atoms with Gasteiger partial charge in [-0.2, -0.15) is 4.31 Å². The van der Waals surface area contributed by atoms with Crippen LogP contribution in [0.4, 0.5) is 10.1 Å². The summed E-state index contributed by atoms with van der Waals surface area (Å²) in [6, 6.07) is 16.6. The molecule has 8 heteroatoms. The number of rotatable bonds is 2. The van der Waals surface area contributed by atoms with Crippen LogP contribution in [0.2, 0.25) is 0 Å². The monoisotopic (exact) mass is 479 g/mol. The molecule has 1 saturated heterocycles. The number of nitrogens with zero attached hydrogens (tertiary/aromatic N) is 3. The maximum atomic E-state index is 13.3. The van der Waals surface area contributed by atoms with Gasteiger partial charge in [0.2, 0.25) is 10.0 Å². The van der Waals surface area contributed by atoms with Gasteiger partial charge in [0.05, 0.1) is 10.5 Å². The van der Waals surface area contributed by atoms with Crippen molar-refractivity contribution < 1.29 is 17.5 Å². The third-order valence-electron chi connectivity index (χ3n) is 6.22. The summed E-state index contributed by atoms with van der Waals surface area (Å²) in [6.45, 7) is 7.15. The lowest BCUT2D eigenvalue weighted by Crippen LogP contribution is -2.55. The molecule has 1 atom stereocenters. The zero-order chi connectivity index (χ0) is 24.0. The van der Waals surface area contributed by atoms with Gasteiger partial charge in [-0.15, -0.1) is 0 Å². The SMILES string of the molecule is Cc1ccc2c(c1)Oc1ccc(C)cc1C(N1CCN(S(=O)(=O)c3ccc(F)cc3)[C@@H](C)C1)=N2. The number of hydrogen-bond acceptors (Lipinski definition) is 5. The molecule has 3 aromatic carbocycles. The Bertz CT molecular complexity index is 1390. The van der Waals surface area contributed by atoms with Crippen LogP contribution in [0.3, 0.4) is 0 Å². The van der Waals surface area contributed by atoms with Crippen molar-refractivity contribution in [3.8, 4) is 11.5 Å². The van der Waals surface area contributed by atoms with Crippen molar-refractivity contribution in [3.63, 3.8) is 0 Å². The second-order valence-electron chi connectivity index (χ2n) is 8.87. The molecule has 0 spiro atoms. The highest BCUT2D eigenvalue weighted by Gasteiger charge is 2.36. The number of amidine groups is 1. The highest BCUT2D eigenvalue weighted by Crippen LogP contribution is 2.39. The Balaban J connectivity index is 1.49. The molecule has 0 N–H and O–H groups in total. The van der Waals surface area contributed by atoms with Crippen LogP contribution in [0.25, 0.3) is 0 Å². The number of halogens is 1. The lowest BCUT2D eigenvalue weighted by atomic mass is 10.1. The maximum Gasteiger partial charge on any atom is 0.243 e. The van der Waals surface area contributed by atoms with Gasteiger partial charge >= 0.3 is 0 Å². The molecule has 0 amide bonds. The van der Waals surface area contributed by atoms with E-state index in [1.54, 1.807) is 0 Å². The van der Waals surface area contributed by atoms with E-state index in [0.717, 1.165) is 34.0 Å². The van der Waals surface area contributed by atoms with Gasteiger partial charge in [0.25, 0.3) is 0 Å². The maximum absolute atomic E-state index is 13.3. The van der Waals surface area contributed by atoms with Gasteiger partial charge in [0.15, 0.2) is 5.75 Å². The van der Waals surface area contributed by atoms with E-state index in [0.29, 0.717) is 25.4 Å². The first kappa shape index (κ1) is 22.6. The number of fused-ring (bicyclic) bond motifs is 2. The number of aryl methyl sites for hydroxylation is 2. The van der Waals surface area contributed by atoms with E-state index >= 15 is 0 Å². The smallest absolute Gasteiger partial charge is 0.243 e. The molecule has 3 aromatic rings. The zero-order valence-corrected chi connectivity index (χ0v) is 20.1. The third kappa shape index (κ3) is 4.08. The quantitative estimate of drug-likeness (QED) is 0.518. The Labute approximate surface area is 199 Å². The second-order valence-corrected chi connectivity index (χ2v) is 10.8. The number of sulfonamides is 1. The molecule has 2 aliphatic rings. The molecule has 0 radical (unpaired) electrons. The summed E-state index contributed by atoms with van der Waals surface area (Å²) in [5.41, 5.74) is 3.79. The Morgan fingerprint density at radius 3 is 2.38 bits per heavy atom. The molecule has 0 saturated carbocycles. The van der Waals surface area contributed by atoms with Gasteiger partial charge in [0.1, 0.15) is 23.1 Å². The number of piperazine rings is 1. The van der Waals surface area contributed by atoms with Gasteiger partial charge in [-0.1, -0.05) is 17.7 Å². The van der Waals surface area contributed by atoms with E-state index in [-0.39, 0.29) is 10.9 Å². The van der Waals surface area contributed by atoms with E-state index in [9.17, 15) is 12.8 Å². The summed E-state index contributed by atoms with van der Waals surface area (Å²) < 4.78 is 47.5.